The normalized spacial score (nSPS) is 14.2. The predicted molar refractivity (Wildman–Crippen MR) is 111 cm³/mol. The third kappa shape index (κ3) is 7.27. The van der Waals surface area contributed by atoms with Crippen LogP contribution in [0.3, 0.4) is 0 Å². The summed E-state index contributed by atoms with van der Waals surface area (Å²) in [4.78, 5) is 23.9. The summed E-state index contributed by atoms with van der Waals surface area (Å²) in [5.74, 6) is -2.67. The molecule has 0 bridgehead atoms. The number of anilines is 3. The first kappa shape index (κ1) is 25.8. The monoisotopic (exact) mass is 477 g/mol. The number of amides is 2. The van der Waals surface area contributed by atoms with Crippen molar-refractivity contribution in [3.05, 3.63) is 53.6 Å². The Morgan fingerprint density at radius 1 is 0.970 bits per heavy atom. The van der Waals surface area contributed by atoms with Crippen molar-refractivity contribution >= 4 is 28.9 Å². The van der Waals surface area contributed by atoms with E-state index in [-0.39, 0.29) is 11.4 Å². The molecule has 1 aliphatic rings. The summed E-state index contributed by atoms with van der Waals surface area (Å²) in [5, 5.41) is 5.86. The molecule has 0 aliphatic carbocycles. The highest BCUT2D eigenvalue weighted by Gasteiger charge is 2.35. The summed E-state index contributed by atoms with van der Waals surface area (Å²) >= 11 is 0. The van der Waals surface area contributed by atoms with E-state index in [0.717, 1.165) is 44.0 Å². The molecule has 0 atom stereocenters. The first-order chi connectivity index (χ1) is 15.3. The number of rotatable bonds is 3. The second-order valence-electron chi connectivity index (χ2n) is 6.87. The van der Waals surface area contributed by atoms with Crippen LogP contribution in [0.2, 0.25) is 0 Å². The number of primary amides is 1. The third-order valence-corrected chi connectivity index (χ3v) is 4.51. The lowest BCUT2D eigenvalue weighted by molar-refractivity contribution is -0.169. The molecule has 2 amide bonds. The Morgan fingerprint density at radius 2 is 1.55 bits per heavy atom. The number of alkyl halides is 6. The molecule has 6 N–H and O–H groups in total. The highest BCUT2D eigenvalue weighted by atomic mass is 19.4. The van der Waals surface area contributed by atoms with Crippen molar-refractivity contribution in [3.63, 3.8) is 0 Å². The number of hydrogen-bond acceptors (Lipinski definition) is 5. The predicted octanol–water partition coefficient (Wildman–Crippen LogP) is 2.98. The maximum atomic E-state index is 12.7. The molecule has 3 rings (SSSR count). The molecule has 2 aromatic rings. The zero-order valence-corrected chi connectivity index (χ0v) is 17.1. The van der Waals surface area contributed by atoms with Crippen LogP contribution in [0.25, 0.3) is 0 Å². The molecular weight excluding hydrogens is 456 g/mol. The smallest absolute Gasteiger partial charge is 0.397 e. The first-order valence-electron chi connectivity index (χ1n) is 9.50. The fourth-order valence-electron chi connectivity index (χ4n) is 2.89. The van der Waals surface area contributed by atoms with E-state index in [1.807, 2.05) is 12.1 Å². The summed E-state index contributed by atoms with van der Waals surface area (Å²) in [7, 11) is 0. The molecule has 2 aromatic carbocycles. The third-order valence-electron chi connectivity index (χ3n) is 4.51. The minimum atomic E-state index is -4.86. The molecule has 13 heteroatoms. The second kappa shape index (κ2) is 10.4. The number of piperazine rings is 1. The van der Waals surface area contributed by atoms with Crippen molar-refractivity contribution in [1.82, 2.24) is 5.32 Å². The highest BCUT2D eigenvalue weighted by molar-refractivity contribution is 6.09. The van der Waals surface area contributed by atoms with Gasteiger partial charge in [0.15, 0.2) is 0 Å². The van der Waals surface area contributed by atoms with Gasteiger partial charge in [0.25, 0.3) is 5.91 Å². The van der Waals surface area contributed by atoms with Gasteiger partial charge < -0.3 is 27.0 Å². The van der Waals surface area contributed by atoms with Crippen molar-refractivity contribution in [1.29, 1.82) is 0 Å². The molecule has 1 fully saturated rings. The van der Waals surface area contributed by atoms with E-state index >= 15 is 0 Å². The highest BCUT2D eigenvalue weighted by Crippen LogP contribution is 2.33. The SMILES string of the molecule is NC(=O)C(F)(F)F.Nc1cc(C(F)(F)F)ccc1NC(=O)c1ccccc1N1CCNCC1. The van der Waals surface area contributed by atoms with E-state index in [4.69, 9.17) is 10.5 Å². The van der Waals surface area contributed by atoms with Gasteiger partial charge in [0.1, 0.15) is 0 Å². The average Bonchev–Trinajstić information content (AvgIpc) is 2.75. The topological polar surface area (TPSA) is 113 Å². The van der Waals surface area contributed by atoms with Gasteiger partial charge in [-0.3, -0.25) is 9.59 Å². The lowest BCUT2D eigenvalue weighted by atomic mass is 10.1. The molecule has 7 nitrogen and oxygen atoms in total. The minimum absolute atomic E-state index is 0.132. The zero-order chi connectivity index (χ0) is 24.8. The summed E-state index contributed by atoms with van der Waals surface area (Å²) < 4.78 is 70.3. The molecule has 1 heterocycles. The van der Waals surface area contributed by atoms with Crippen molar-refractivity contribution in [2.45, 2.75) is 12.4 Å². The molecular formula is C20H21F6N5O2. The van der Waals surface area contributed by atoms with Crippen LogP contribution in [0, 0.1) is 0 Å². The molecule has 33 heavy (non-hydrogen) atoms. The van der Waals surface area contributed by atoms with Crippen LogP contribution in [0.1, 0.15) is 15.9 Å². The standard InChI is InChI=1S/C18H19F3N4O.C2H2F3NO/c19-18(20,21)12-5-6-15(14(22)11-12)24-17(26)13-3-1-2-4-16(13)25-9-7-23-8-10-25;3-2(4,5)1(6)7/h1-6,11,23H,7-10,22H2,(H,24,26);(H2,6,7). The Hall–Kier alpha value is -3.48. The number of para-hydroxylation sites is 1. The number of carbonyl (C=O) groups excluding carboxylic acids is 2. The number of nitrogens with zero attached hydrogens (tertiary/aromatic N) is 1. The number of hydrogen-bond donors (Lipinski definition) is 4. The number of nitrogens with two attached hydrogens (primary N) is 2. The number of nitrogens with one attached hydrogen (secondary N) is 2. The van der Waals surface area contributed by atoms with Crippen molar-refractivity contribution in [3.8, 4) is 0 Å². The quantitative estimate of drug-likeness (QED) is 0.401. The number of halogens is 6. The fourth-order valence-corrected chi connectivity index (χ4v) is 2.89. The van der Waals surface area contributed by atoms with Gasteiger partial charge in [-0.1, -0.05) is 12.1 Å². The molecule has 0 spiro atoms. The molecule has 1 saturated heterocycles. The van der Waals surface area contributed by atoms with Crippen LogP contribution in [-0.2, 0) is 11.0 Å². The van der Waals surface area contributed by atoms with Gasteiger partial charge in [-0.25, -0.2) is 0 Å². The van der Waals surface area contributed by atoms with Gasteiger partial charge in [0.05, 0.1) is 22.5 Å². The Morgan fingerprint density at radius 3 is 2.06 bits per heavy atom. The van der Waals surface area contributed by atoms with Gasteiger partial charge >= 0.3 is 18.3 Å². The van der Waals surface area contributed by atoms with Gasteiger partial charge in [0, 0.05) is 31.9 Å². The van der Waals surface area contributed by atoms with Gasteiger partial charge in [-0.05, 0) is 30.3 Å². The van der Waals surface area contributed by atoms with E-state index in [2.05, 4.69) is 21.3 Å². The lowest BCUT2D eigenvalue weighted by Gasteiger charge is -2.30. The molecule has 1 aliphatic heterocycles. The summed E-state index contributed by atoms with van der Waals surface area (Å²) in [6.45, 7) is 3.18. The van der Waals surface area contributed by atoms with Gasteiger partial charge in [-0.2, -0.15) is 26.3 Å². The van der Waals surface area contributed by atoms with Gasteiger partial charge in [0.2, 0.25) is 0 Å². The van der Waals surface area contributed by atoms with E-state index in [1.165, 1.54) is 6.07 Å². The molecule has 0 aromatic heterocycles. The molecule has 0 unspecified atom stereocenters. The van der Waals surface area contributed by atoms with Crippen LogP contribution >= 0.6 is 0 Å². The van der Waals surface area contributed by atoms with E-state index in [0.29, 0.717) is 5.56 Å². The number of benzene rings is 2. The van der Waals surface area contributed by atoms with Crippen molar-refractivity contribution in [2.75, 3.05) is 42.1 Å². The van der Waals surface area contributed by atoms with Crippen LogP contribution in [0.5, 0.6) is 0 Å². The largest absolute Gasteiger partial charge is 0.470 e. The van der Waals surface area contributed by atoms with E-state index < -0.39 is 29.7 Å². The van der Waals surface area contributed by atoms with Crippen LogP contribution in [0.15, 0.2) is 42.5 Å². The number of carbonyl (C=O) groups is 2. The number of nitrogen functional groups attached to an aromatic ring is 1. The molecule has 0 saturated carbocycles. The van der Waals surface area contributed by atoms with Gasteiger partial charge in [-0.15, -0.1) is 0 Å². The fraction of sp³-hybridized carbons (Fsp3) is 0.300. The maximum Gasteiger partial charge on any atom is 0.470 e. The molecule has 180 valence electrons. The second-order valence-corrected chi connectivity index (χ2v) is 6.87. The average molecular weight is 477 g/mol. The zero-order valence-electron chi connectivity index (χ0n) is 17.1. The Bertz CT molecular complexity index is 988. The first-order valence-corrected chi connectivity index (χ1v) is 9.50. The Balaban J connectivity index is 0.000000479. The minimum Gasteiger partial charge on any atom is -0.397 e. The lowest BCUT2D eigenvalue weighted by Crippen LogP contribution is -2.44. The summed E-state index contributed by atoms with van der Waals surface area (Å²) in [5.41, 5.74) is 9.91. The summed E-state index contributed by atoms with van der Waals surface area (Å²) in [6, 6.07) is 10.0. The van der Waals surface area contributed by atoms with Crippen LogP contribution < -0.4 is 27.0 Å². The van der Waals surface area contributed by atoms with E-state index in [9.17, 15) is 31.1 Å². The van der Waals surface area contributed by atoms with Crippen molar-refractivity contribution in [2.24, 2.45) is 5.73 Å². The van der Waals surface area contributed by atoms with Crippen molar-refractivity contribution < 1.29 is 35.9 Å². The summed E-state index contributed by atoms with van der Waals surface area (Å²) in [6.07, 6.45) is -9.34. The Labute approximate surface area is 184 Å². The Kier molecular flexibility index (Phi) is 8.14. The maximum absolute atomic E-state index is 12.7. The van der Waals surface area contributed by atoms with Crippen LogP contribution in [0.4, 0.5) is 43.4 Å². The molecule has 0 radical (unpaired) electrons. The van der Waals surface area contributed by atoms with E-state index in [1.54, 1.807) is 12.1 Å². The van der Waals surface area contributed by atoms with Crippen LogP contribution in [-0.4, -0.2) is 44.2 Å².